The molecule has 0 unspecified atom stereocenters. The van der Waals surface area contributed by atoms with Crippen LogP contribution in [0.5, 0.6) is 0 Å². The molecule has 0 bridgehead atoms. The van der Waals surface area contributed by atoms with Crippen molar-refractivity contribution in [3.63, 3.8) is 0 Å². The third-order valence-corrected chi connectivity index (χ3v) is 4.45. The van der Waals surface area contributed by atoms with Crippen LogP contribution in [-0.4, -0.2) is 23.2 Å². The maximum atomic E-state index is 11.5. The molecule has 0 spiro atoms. The molecule has 0 saturated carbocycles. The SMILES string of the molecule is CCCn1c(-c2cccc(Cl)c2C)nnc1S(=O)(=O)Cl. The Morgan fingerprint density at radius 1 is 1.30 bits per heavy atom. The summed E-state index contributed by atoms with van der Waals surface area (Å²) in [5.41, 5.74) is 1.56. The monoisotopic (exact) mass is 333 g/mol. The fourth-order valence-corrected chi connectivity index (χ4v) is 3.04. The topological polar surface area (TPSA) is 64.8 Å². The quantitative estimate of drug-likeness (QED) is 0.805. The number of benzene rings is 1. The Morgan fingerprint density at radius 2 is 2.00 bits per heavy atom. The van der Waals surface area contributed by atoms with Crippen LogP contribution in [0.4, 0.5) is 0 Å². The standard InChI is InChI=1S/C12H13Cl2N3O2S/c1-3-7-17-11(15-16-12(17)20(14,18)19)9-5-4-6-10(13)8(9)2/h4-6H,3,7H2,1-2H3. The van der Waals surface area contributed by atoms with Gasteiger partial charge in [0.05, 0.1) is 0 Å². The molecular formula is C12H13Cl2N3O2S. The first-order chi connectivity index (χ1) is 9.36. The number of rotatable bonds is 4. The number of aromatic nitrogens is 3. The van der Waals surface area contributed by atoms with Crippen molar-refractivity contribution >= 4 is 31.3 Å². The molecule has 108 valence electrons. The summed E-state index contributed by atoms with van der Waals surface area (Å²) in [7, 11) is 1.46. The molecule has 0 fully saturated rings. The fraction of sp³-hybridized carbons (Fsp3) is 0.333. The van der Waals surface area contributed by atoms with Crippen molar-refractivity contribution in [3.8, 4) is 11.4 Å². The van der Waals surface area contributed by atoms with Crippen LogP contribution in [0.2, 0.25) is 5.02 Å². The van der Waals surface area contributed by atoms with E-state index in [4.69, 9.17) is 22.3 Å². The van der Waals surface area contributed by atoms with Gasteiger partial charge in [-0.05, 0) is 25.0 Å². The molecule has 8 heteroatoms. The maximum absolute atomic E-state index is 11.5. The summed E-state index contributed by atoms with van der Waals surface area (Å²) in [5, 5.41) is 8.01. The van der Waals surface area contributed by atoms with E-state index >= 15 is 0 Å². The van der Waals surface area contributed by atoms with E-state index in [1.165, 1.54) is 4.57 Å². The molecule has 0 aliphatic carbocycles. The lowest BCUT2D eigenvalue weighted by atomic mass is 10.1. The first-order valence-corrected chi connectivity index (χ1v) is 8.68. The third-order valence-electron chi connectivity index (χ3n) is 2.89. The van der Waals surface area contributed by atoms with Crippen LogP contribution in [0.1, 0.15) is 18.9 Å². The molecule has 1 aromatic carbocycles. The van der Waals surface area contributed by atoms with Gasteiger partial charge in [-0.3, -0.25) is 4.57 Å². The smallest absolute Gasteiger partial charge is 0.296 e. The van der Waals surface area contributed by atoms with Crippen LogP contribution in [-0.2, 0) is 15.6 Å². The van der Waals surface area contributed by atoms with Crippen LogP contribution in [0, 0.1) is 6.92 Å². The van der Waals surface area contributed by atoms with Gasteiger partial charge in [0.15, 0.2) is 5.82 Å². The van der Waals surface area contributed by atoms with Crippen LogP contribution in [0.15, 0.2) is 23.4 Å². The zero-order chi connectivity index (χ0) is 14.9. The molecule has 0 atom stereocenters. The molecule has 1 aromatic heterocycles. The Bertz CT molecular complexity index is 741. The molecular weight excluding hydrogens is 321 g/mol. The largest absolute Gasteiger partial charge is 0.297 e. The molecule has 0 radical (unpaired) electrons. The second-order valence-corrected chi connectivity index (χ2v) is 7.17. The van der Waals surface area contributed by atoms with E-state index in [1.54, 1.807) is 12.1 Å². The van der Waals surface area contributed by atoms with Crippen LogP contribution >= 0.6 is 22.3 Å². The highest BCUT2D eigenvalue weighted by atomic mass is 35.7. The van der Waals surface area contributed by atoms with Crippen LogP contribution < -0.4 is 0 Å². The lowest BCUT2D eigenvalue weighted by molar-refractivity contribution is 0.570. The lowest BCUT2D eigenvalue weighted by Gasteiger charge is -2.10. The summed E-state index contributed by atoms with van der Waals surface area (Å²) in [5.74, 6) is 0.450. The second kappa shape index (κ2) is 5.71. The minimum Gasteiger partial charge on any atom is -0.297 e. The molecule has 1 heterocycles. The van der Waals surface area contributed by atoms with Crippen molar-refractivity contribution in [2.24, 2.45) is 0 Å². The Kier molecular flexibility index (Phi) is 4.36. The Balaban J connectivity index is 2.69. The molecule has 0 amide bonds. The summed E-state index contributed by atoms with van der Waals surface area (Å²) in [6, 6.07) is 5.37. The first kappa shape index (κ1) is 15.3. The molecule has 20 heavy (non-hydrogen) atoms. The van der Waals surface area contributed by atoms with Gasteiger partial charge in [-0.25, -0.2) is 8.42 Å². The lowest BCUT2D eigenvalue weighted by Crippen LogP contribution is -2.08. The Morgan fingerprint density at radius 3 is 2.60 bits per heavy atom. The van der Waals surface area contributed by atoms with Crippen molar-refractivity contribution in [1.82, 2.24) is 14.8 Å². The maximum Gasteiger partial charge on any atom is 0.296 e. The van der Waals surface area contributed by atoms with Gasteiger partial charge in [0.25, 0.3) is 14.2 Å². The minimum atomic E-state index is -3.94. The van der Waals surface area contributed by atoms with E-state index in [0.29, 0.717) is 17.4 Å². The zero-order valence-electron chi connectivity index (χ0n) is 11.0. The third kappa shape index (κ3) is 2.82. The van der Waals surface area contributed by atoms with E-state index in [2.05, 4.69) is 10.2 Å². The van der Waals surface area contributed by atoms with E-state index < -0.39 is 9.05 Å². The highest BCUT2D eigenvalue weighted by Gasteiger charge is 2.23. The van der Waals surface area contributed by atoms with Gasteiger partial charge < -0.3 is 0 Å². The van der Waals surface area contributed by atoms with Gasteiger partial charge >= 0.3 is 0 Å². The van der Waals surface area contributed by atoms with Crippen molar-refractivity contribution in [2.75, 3.05) is 0 Å². The second-order valence-electron chi connectivity index (χ2n) is 4.31. The average molecular weight is 334 g/mol. The van der Waals surface area contributed by atoms with Gasteiger partial charge in [0.2, 0.25) is 0 Å². The fourth-order valence-electron chi connectivity index (χ4n) is 1.94. The molecule has 0 aliphatic rings. The summed E-state index contributed by atoms with van der Waals surface area (Å²) in [6.45, 7) is 4.23. The van der Waals surface area contributed by atoms with Gasteiger partial charge in [-0.2, -0.15) is 0 Å². The zero-order valence-corrected chi connectivity index (χ0v) is 13.3. The number of nitrogens with zero attached hydrogens (tertiary/aromatic N) is 3. The first-order valence-electron chi connectivity index (χ1n) is 5.99. The summed E-state index contributed by atoms with van der Waals surface area (Å²) in [6.07, 6.45) is 0.726. The van der Waals surface area contributed by atoms with Gasteiger partial charge in [-0.15, -0.1) is 10.2 Å². The van der Waals surface area contributed by atoms with E-state index in [0.717, 1.165) is 17.5 Å². The van der Waals surface area contributed by atoms with Crippen molar-refractivity contribution in [2.45, 2.75) is 32.0 Å². The average Bonchev–Trinajstić information content (AvgIpc) is 2.77. The molecule has 2 rings (SSSR count). The van der Waals surface area contributed by atoms with Crippen molar-refractivity contribution < 1.29 is 8.42 Å². The number of hydrogen-bond donors (Lipinski definition) is 0. The Labute approximate surface area is 127 Å². The molecule has 0 aliphatic heterocycles. The van der Waals surface area contributed by atoms with Gasteiger partial charge in [0, 0.05) is 27.8 Å². The van der Waals surface area contributed by atoms with Crippen LogP contribution in [0.3, 0.4) is 0 Å². The molecule has 2 aromatic rings. The molecule has 0 saturated heterocycles. The normalized spacial score (nSPS) is 11.8. The summed E-state index contributed by atoms with van der Waals surface area (Å²) < 4.78 is 24.6. The van der Waals surface area contributed by atoms with Gasteiger partial charge in [-0.1, -0.05) is 30.7 Å². The highest BCUT2D eigenvalue weighted by molar-refractivity contribution is 8.13. The number of halogens is 2. The van der Waals surface area contributed by atoms with Crippen molar-refractivity contribution in [3.05, 3.63) is 28.8 Å². The molecule has 0 N–H and O–H groups in total. The predicted octanol–water partition coefficient (Wildman–Crippen LogP) is 3.24. The molecule has 5 nitrogen and oxygen atoms in total. The van der Waals surface area contributed by atoms with E-state index in [1.807, 2.05) is 19.9 Å². The number of hydrogen-bond acceptors (Lipinski definition) is 4. The van der Waals surface area contributed by atoms with E-state index in [-0.39, 0.29) is 5.16 Å². The Hall–Kier alpha value is -1.11. The van der Waals surface area contributed by atoms with E-state index in [9.17, 15) is 8.42 Å². The predicted molar refractivity (Wildman–Crippen MR) is 78.5 cm³/mol. The highest BCUT2D eigenvalue weighted by Crippen LogP contribution is 2.29. The van der Waals surface area contributed by atoms with Gasteiger partial charge in [0.1, 0.15) is 0 Å². The summed E-state index contributed by atoms with van der Waals surface area (Å²) in [4.78, 5) is 0. The minimum absolute atomic E-state index is 0.240. The van der Waals surface area contributed by atoms with Crippen LogP contribution in [0.25, 0.3) is 11.4 Å². The summed E-state index contributed by atoms with van der Waals surface area (Å²) >= 11 is 6.09. The van der Waals surface area contributed by atoms with Crippen molar-refractivity contribution in [1.29, 1.82) is 0 Å².